The number of hydrogen-bond acceptors (Lipinski definition) is 7. The first-order valence-electron chi connectivity index (χ1n) is 9.54. The van der Waals surface area contributed by atoms with Crippen LogP contribution in [-0.4, -0.2) is 48.1 Å². The molecule has 7 nitrogen and oxygen atoms in total. The highest BCUT2D eigenvalue weighted by molar-refractivity contribution is 5.97. The number of hydrogen-bond donors (Lipinski definition) is 1. The van der Waals surface area contributed by atoms with Crippen LogP contribution in [0.15, 0.2) is 30.4 Å². The predicted molar refractivity (Wildman–Crippen MR) is 106 cm³/mol. The van der Waals surface area contributed by atoms with Gasteiger partial charge in [-0.25, -0.2) is 4.79 Å². The second-order valence-electron chi connectivity index (χ2n) is 7.60. The van der Waals surface area contributed by atoms with E-state index in [1.54, 1.807) is 45.1 Å². The number of ketones is 1. The summed E-state index contributed by atoms with van der Waals surface area (Å²) in [5, 5.41) is 10.4. The highest BCUT2D eigenvalue weighted by atomic mass is 16.8. The van der Waals surface area contributed by atoms with Crippen molar-refractivity contribution in [1.82, 2.24) is 0 Å². The fourth-order valence-electron chi connectivity index (χ4n) is 3.43. The molecule has 1 saturated heterocycles. The monoisotopic (exact) mass is 402 g/mol. The number of aromatic hydroxyl groups is 1. The predicted octanol–water partition coefficient (Wildman–Crippen LogP) is 3.40. The number of cyclic esters (lactones) is 1. The number of phenols is 1. The lowest BCUT2D eigenvalue weighted by atomic mass is 10.0. The molecule has 0 bridgehead atoms. The van der Waals surface area contributed by atoms with E-state index in [0.29, 0.717) is 24.2 Å². The van der Waals surface area contributed by atoms with E-state index in [9.17, 15) is 14.7 Å². The lowest BCUT2D eigenvalue weighted by Gasteiger charge is -2.16. The maximum absolute atomic E-state index is 12.6. The first-order valence-corrected chi connectivity index (χ1v) is 9.54. The van der Waals surface area contributed by atoms with Crippen LogP contribution in [0.2, 0.25) is 0 Å². The van der Waals surface area contributed by atoms with Crippen LogP contribution >= 0.6 is 0 Å². The maximum atomic E-state index is 12.6. The van der Waals surface area contributed by atoms with Crippen LogP contribution in [0.1, 0.15) is 49.5 Å². The lowest BCUT2D eigenvalue weighted by Crippen LogP contribution is -2.30. The smallest absolute Gasteiger partial charge is 0.342 e. The number of fused-ring (bicyclic) bond motifs is 2. The van der Waals surface area contributed by atoms with Gasteiger partial charge in [0.1, 0.15) is 29.3 Å². The molecule has 1 aromatic carbocycles. The van der Waals surface area contributed by atoms with Crippen molar-refractivity contribution in [3.05, 3.63) is 41.5 Å². The molecule has 0 aromatic heterocycles. The van der Waals surface area contributed by atoms with Gasteiger partial charge in [0.05, 0.1) is 13.2 Å². The fraction of sp³-hybridized carbons (Fsp3) is 0.455. The molecule has 3 rings (SSSR count). The van der Waals surface area contributed by atoms with Crippen molar-refractivity contribution in [2.24, 2.45) is 0 Å². The Hall–Kier alpha value is -2.64. The molecular weight excluding hydrogens is 376 g/mol. The molecule has 3 atom stereocenters. The van der Waals surface area contributed by atoms with Crippen molar-refractivity contribution < 1.29 is 33.6 Å². The molecule has 2 aliphatic rings. The van der Waals surface area contributed by atoms with Crippen LogP contribution in [0, 0.1) is 0 Å². The minimum absolute atomic E-state index is 0.0616. The number of benzene rings is 1. The lowest BCUT2D eigenvalue weighted by molar-refractivity contribution is -0.152. The average molecular weight is 402 g/mol. The summed E-state index contributed by atoms with van der Waals surface area (Å²) in [6.45, 7) is 5.25. The Kier molecular flexibility index (Phi) is 6.10. The van der Waals surface area contributed by atoms with Gasteiger partial charge in [-0.2, -0.15) is 0 Å². The molecule has 1 aromatic rings. The highest BCUT2D eigenvalue weighted by Gasteiger charge is 2.43. The maximum Gasteiger partial charge on any atom is 0.342 e. The van der Waals surface area contributed by atoms with Crippen molar-refractivity contribution in [3.8, 4) is 11.5 Å². The third kappa shape index (κ3) is 4.86. The van der Waals surface area contributed by atoms with Gasteiger partial charge >= 0.3 is 5.97 Å². The Bertz CT molecular complexity index is 853. The van der Waals surface area contributed by atoms with Crippen LogP contribution in [0.25, 0.3) is 6.08 Å². The molecule has 1 unspecified atom stereocenters. The third-order valence-corrected chi connectivity index (χ3v) is 4.75. The van der Waals surface area contributed by atoms with Crippen molar-refractivity contribution >= 4 is 17.8 Å². The number of phenolic OH excluding ortho intramolecular Hbond substituents is 1. The van der Waals surface area contributed by atoms with E-state index in [0.717, 1.165) is 0 Å². The second-order valence-corrected chi connectivity index (χ2v) is 7.60. The van der Waals surface area contributed by atoms with Crippen LogP contribution < -0.4 is 4.74 Å². The van der Waals surface area contributed by atoms with Gasteiger partial charge in [0.2, 0.25) is 0 Å². The number of ether oxygens (including phenoxy) is 4. The summed E-state index contributed by atoms with van der Waals surface area (Å²) in [6, 6.07) is 3.01. The minimum Gasteiger partial charge on any atom is -0.507 e. The summed E-state index contributed by atoms with van der Waals surface area (Å²) in [7, 11) is 1.47. The number of esters is 1. The summed E-state index contributed by atoms with van der Waals surface area (Å²) < 4.78 is 22.3. The van der Waals surface area contributed by atoms with Crippen molar-refractivity contribution in [2.75, 3.05) is 7.11 Å². The van der Waals surface area contributed by atoms with Gasteiger partial charge < -0.3 is 24.1 Å². The molecule has 0 amide bonds. The summed E-state index contributed by atoms with van der Waals surface area (Å²) in [5.74, 6) is -1.52. The average Bonchev–Trinajstić information content (AvgIpc) is 2.95. The largest absolute Gasteiger partial charge is 0.507 e. The normalized spacial score (nSPS) is 29.2. The fourth-order valence-corrected chi connectivity index (χ4v) is 3.43. The summed E-state index contributed by atoms with van der Waals surface area (Å²) in [5.41, 5.74) is 0.513. The third-order valence-electron chi connectivity index (χ3n) is 4.75. The Morgan fingerprint density at radius 3 is 2.55 bits per heavy atom. The Morgan fingerprint density at radius 1 is 1.10 bits per heavy atom. The minimum atomic E-state index is -0.869. The molecule has 1 fully saturated rings. The first-order chi connectivity index (χ1) is 13.7. The molecule has 0 saturated carbocycles. The molecular formula is C22H26O7. The van der Waals surface area contributed by atoms with Crippen molar-refractivity contribution in [3.63, 3.8) is 0 Å². The van der Waals surface area contributed by atoms with Gasteiger partial charge in [-0.05, 0) is 44.9 Å². The molecule has 2 aliphatic heterocycles. The molecule has 1 N–H and O–H groups in total. The van der Waals surface area contributed by atoms with Gasteiger partial charge in [-0.3, -0.25) is 4.79 Å². The van der Waals surface area contributed by atoms with Crippen LogP contribution in [0.5, 0.6) is 11.5 Å². The van der Waals surface area contributed by atoms with Crippen LogP contribution in [0.3, 0.4) is 0 Å². The van der Waals surface area contributed by atoms with E-state index >= 15 is 0 Å². The Balaban J connectivity index is 2.00. The zero-order valence-corrected chi connectivity index (χ0v) is 17.0. The molecule has 2 heterocycles. The molecule has 0 spiro atoms. The van der Waals surface area contributed by atoms with Gasteiger partial charge in [0.15, 0.2) is 11.6 Å². The van der Waals surface area contributed by atoms with Crippen LogP contribution in [0.4, 0.5) is 0 Å². The Labute approximate surface area is 169 Å². The molecule has 7 heteroatoms. The quantitative estimate of drug-likeness (QED) is 0.720. The molecule has 0 radical (unpaired) electrons. The summed E-state index contributed by atoms with van der Waals surface area (Å²) in [6.07, 6.45) is 5.62. The summed E-state index contributed by atoms with van der Waals surface area (Å²) >= 11 is 0. The SMILES string of the molecule is COc1cc(O)c2c(c1)/C=C/C[C@@H]1OC(C)(C)OC1C(=O)/C=C\C[C@H](C)OC2=O. The molecule has 0 aliphatic carbocycles. The highest BCUT2D eigenvalue weighted by Crippen LogP contribution is 2.33. The van der Waals surface area contributed by atoms with Gasteiger partial charge in [-0.15, -0.1) is 0 Å². The van der Waals surface area contributed by atoms with Crippen LogP contribution in [-0.2, 0) is 19.0 Å². The van der Waals surface area contributed by atoms with E-state index in [4.69, 9.17) is 18.9 Å². The Morgan fingerprint density at radius 2 is 1.83 bits per heavy atom. The summed E-state index contributed by atoms with van der Waals surface area (Å²) in [4.78, 5) is 25.2. The van der Waals surface area contributed by atoms with E-state index in [1.165, 1.54) is 19.3 Å². The van der Waals surface area contributed by atoms with E-state index in [1.807, 2.05) is 0 Å². The second kappa shape index (κ2) is 8.39. The molecule has 156 valence electrons. The number of carbonyl (C=O) groups excluding carboxylic acids is 2. The number of rotatable bonds is 1. The number of methoxy groups -OCH3 is 1. The van der Waals surface area contributed by atoms with Gasteiger partial charge in [-0.1, -0.05) is 18.2 Å². The molecule has 29 heavy (non-hydrogen) atoms. The zero-order valence-electron chi connectivity index (χ0n) is 17.0. The van der Waals surface area contributed by atoms with E-state index in [2.05, 4.69) is 0 Å². The van der Waals surface area contributed by atoms with E-state index in [-0.39, 0.29) is 17.1 Å². The van der Waals surface area contributed by atoms with Gasteiger partial charge in [0, 0.05) is 12.5 Å². The first kappa shape index (κ1) is 21.1. The van der Waals surface area contributed by atoms with Gasteiger partial charge in [0.25, 0.3) is 0 Å². The topological polar surface area (TPSA) is 91.3 Å². The zero-order chi connectivity index (χ0) is 21.2. The van der Waals surface area contributed by atoms with E-state index < -0.39 is 30.1 Å². The van der Waals surface area contributed by atoms with Crippen molar-refractivity contribution in [2.45, 2.75) is 57.7 Å². The number of carbonyl (C=O) groups is 2. The standard InChI is InChI=1S/C22H26O7/c1-13-7-5-9-16(23)20-18(28-22(2,3)29-20)10-6-8-14-11-15(26-4)12-17(24)19(14)21(25)27-13/h5-6,8-9,11-13,18,20,24H,7,10H2,1-4H3/b8-6+,9-5-/t13-,18-,20?/m0/s1. The van der Waals surface area contributed by atoms with Crippen molar-refractivity contribution in [1.29, 1.82) is 0 Å².